The zero-order valence-electron chi connectivity index (χ0n) is 9.40. The quantitative estimate of drug-likeness (QED) is 0.796. The van der Waals surface area contributed by atoms with Gasteiger partial charge in [-0.3, -0.25) is 5.10 Å². The van der Waals surface area contributed by atoms with Crippen LogP contribution in [0, 0.1) is 0 Å². The second-order valence-electron chi connectivity index (χ2n) is 3.61. The Morgan fingerprint density at radius 1 is 1.38 bits per heavy atom. The Morgan fingerprint density at radius 3 is 2.94 bits per heavy atom. The van der Waals surface area contributed by atoms with Crippen molar-refractivity contribution in [2.45, 2.75) is 17.9 Å². The molecule has 0 aliphatic rings. The number of hydrogen-bond donors (Lipinski definition) is 2. The fourth-order valence-electron chi connectivity index (χ4n) is 1.55. The Bertz CT molecular complexity index is 439. The molecule has 2 N–H and O–H groups in total. The summed E-state index contributed by atoms with van der Waals surface area (Å²) in [7, 11) is 0. The van der Waals surface area contributed by atoms with Crippen LogP contribution in [0.1, 0.15) is 18.7 Å². The number of benzene rings is 1. The Hall–Kier alpha value is -1.42. The normalized spacial score (nSPS) is 12.4. The van der Waals surface area contributed by atoms with Crippen LogP contribution in [-0.2, 0) is 0 Å². The molecule has 16 heavy (non-hydrogen) atoms. The second kappa shape index (κ2) is 5.07. The lowest BCUT2D eigenvalue weighted by molar-refractivity contribution is 0.825. The van der Waals surface area contributed by atoms with E-state index in [1.54, 1.807) is 18.0 Å². The van der Waals surface area contributed by atoms with Crippen LogP contribution in [0.5, 0.6) is 0 Å². The largest absolute Gasteiger partial charge is 0.377 e. The second-order valence-corrected chi connectivity index (χ2v) is 4.49. The van der Waals surface area contributed by atoms with E-state index in [4.69, 9.17) is 0 Å². The summed E-state index contributed by atoms with van der Waals surface area (Å²) in [5.74, 6) is 0. The molecule has 0 spiro atoms. The minimum atomic E-state index is 0.236. The zero-order valence-corrected chi connectivity index (χ0v) is 10.2. The first-order valence-electron chi connectivity index (χ1n) is 5.19. The smallest absolute Gasteiger partial charge is 0.0651 e. The third kappa shape index (κ3) is 2.58. The van der Waals surface area contributed by atoms with Crippen molar-refractivity contribution in [3.05, 3.63) is 42.2 Å². The summed E-state index contributed by atoms with van der Waals surface area (Å²) in [6, 6.07) is 10.6. The van der Waals surface area contributed by atoms with E-state index in [2.05, 4.69) is 53.0 Å². The van der Waals surface area contributed by atoms with E-state index in [0.29, 0.717) is 0 Å². The molecule has 4 heteroatoms. The van der Waals surface area contributed by atoms with Gasteiger partial charge in [0.15, 0.2) is 0 Å². The van der Waals surface area contributed by atoms with Gasteiger partial charge in [0.1, 0.15) is 0 Å². The van der Waals surface area contributed by atoms with Gasteiger partial charge in [-0.15, -0.1) is 11.8 Å². The van der Waals surface area contributed by atoms with Crippen LogP contribution in [0.3, 0.4) is 0 Å². The Kier molecular flexibility index (Phi) is 3.51. The van der Waals surface area contributed by atoms with E-state index in [-0.39, 0.29) is 6.04 Å². The first-order chi connectivity index (χ1) is 7.79. The molecule has 0 aliphatic heterocycles. The Morgan fingerprint density at radius 2 is 2.25 bits per heavy atom. The van der Waals surface area contributed by atoms with Gasteiger partial charge in [-0.2, -0.15) is 5.10 Å². The average Bonchev–Trinajstić information content (AvgIpc) is 2.83. The minimum Gasteiger partial charge on any atom is -0.377 e. The van der Waals surface area contributed by atoms with Crippen molar-refractivity contribution >= 4 is 17.4 Å². The molecule has 0 saturated carbocycles. The number of hydrogen-bond acceptors (Lipinski definition) is 3. The monoisotopic (exact) mass is 233 g/mol. The molecule has 0 aliphatic carbocycles. The summed E-state index contributed by atoms with van der Waals surface area (Å²) in [5, 5.41) is 10.4. The maximum Gasteiger partial charge on any atom is 0.0651 e. The number of nitrogens with one attached hydrogen (secondary N) is 2. The zero-order chi connectivity index (χ0) is 11.4. The Labute approximate surface area is 99.7 Å². The first kappa shape index (κ1) is 11.1. The molecule has 1 atom stereocenters. The summed E-state index contributed by atoms with van der Waals surface area (Å²) in [6.07, 6.45) is 3.85. The van der Waals surface area contributed by atoms with Crippen LogP contribution in [0.2, 0.25) is 0 Å². The summed E-state index contributed by atoms with van der Waals surface area (Å²) < 4.78 is 0. The molecule has 2 rings (SSSR count). The van der Waals surface area contributed by atoms with Crippen molar-refractivity contribution in [2.75, 3.05) is 11.6 Å². The van der Waals surface area contributed by atoms with Gasteiger partial charge in [0.25, 0.3) is 0 Å². The Balaban J connectivity index is 2.08. The molecule has 2 aromatic rings. The molecule has 0 radical (unpaired) electrons. The fraction of sp³-hybridized carbons (Fsp3) is 0.250. The standard InChI is InChI=1S/C12H15N3S/c1-9(12-6-7-13-15-12)14-10-4-3-5-11(8-10)16-2/h3-9,14H,1-2H3,(H,13,15). The van der Waals surface area contributed by atoms with Gasteiger partial charge in [-0.05, 0) is 37.4 Å². The van der Waals surface area contributed by atoms with Gasteiger partial charge < -0.3 is 5.32 Å². The highest BCUT2D eigenvalue weighted by Crippen LogP contribution is 2.22. The predicted molar refractivity (Wildman–Crippen MR) is 68.8 cm³/mol. The van der Waals surface area contributed by atoms with Crippen molar-refractivity contribution in [1.82, 2.24) is 10.2 Å². The van der Waals surface area contributed by atoms with E-state index in [1.807, 2.05) is 6.07 Å². The molecule has 0 amide bonds. The molecule has 3 nitrogen and oxygen atoms in total. The van der Waals surface area contributed by atoms with E-state index in [9.17, 15) is 0 Å². The van der Waals surface area contributed by atoms with E-state index < -0.39 is 0 Å². The predicted octanol–water partition coefficient (Wildman–Crippen LogP) is 3.30. The molecular weight excluding hydrogens is 218 g/mol. The summed E-state index contributed by atoms with van der Waals surface area (Å²) in [4.78, 5) is 1.27. The van der Waals surface area contributed by atoms with Crippen molar-refractivity contribution < 1.29 is 0 Å². The molecule has 84 valence electrons. The number of rotatable bonds is 4. The number of aromatic amines is 1. The van der Waals surface area contributed by atoms with Crippen molar-refractivity contribution in [2.24, 2.45) is 0 Å². The molecular formula is C12H15N3S. The van der Waals surface area contributed by atoms with Gasteiger partial charge in [0.2, 0.25) is 0 Å². The van der Waals surface area contributed by atoms with Crippen molar-refractivity contribution in [3.63, 3.8) is 0 Å². The number of thioether (sulfide) groups is 1. The van der Waals surface area contributed by atoms with E-state index >= 15 is 0 Å². The molecule has 0 fully saturated rings. The van der Waals surface area contributed by atoms with Crippen LogP contribution in [0.15, 0.2) is 41.4 Å². The molecule has 1 heterocycles. The van der Waals surface area contributed by atoms with Gasteiger partial charge >= 0.3 is 0 Å². The average molecular weight is 233 g/mol. The summed E-state index contributed by atoms with van der Waals surface area (Å²) in [5.41, 5.74) is 2.23. The summed E-state index contributed by atoms with van der Waals surface area (Å²) in [6.45, 7) is 2.11. The van der Waals surface area contributed by atoms with Gasteiger partial charge in [0.05, 0.1) is 11.7 Å². The number of H-pyrrole nitrogens is 1. The SMILES string of the molecule is CSc1cccc(NC(C)c2ccn[nH]2)c1. The summed E-state index contributed by atoms with van der Waals surface area (Å²) >= 11 is 1.75. The lowest BCUT2D eigenvalue weighted by atomic mass is 10.2. The highest BCUT2D eigenvalue weighted by atomic mass is 32.2. The maximum absolute atomic E-state index is 3.95. The third-order valence-corrected chi connectivity index (χ3v) is 3.17. The number of nitrogens with zero attached hydrogens (tertiary/aromatic N) is 1. The highest BCUT2D eigenvalue weighted by Gasteiger charge is 2.06. The van der Waals surface area contributed by atoms with Crippen LogP contribution < -0.4 is 5.32 Å². The van der Waals surface area contributed by atoms with E-state index in [0.717, 1.165) is 11.4 Å². The van der Waals surface area contributed by atoms with Crippen LogP contribution in [0.25, 0.3) is 0 Å². The molecule has 0 bridgehead atoms. The minimum absolute atomic E-state index is 0.236. The molecule has 1 aromatic carbocycles. The topological polar surface area (TPSA) is 40.7 Å². The fourth-order valence-corrected chi connectivity index (χ4v) is 2.01. The van der Waals surface area contributed by atoms with Gasteiger partial charge in [-0.25, -0.2) is 0 Å². The van der Waals surface area contributed by atoms with Crippen molar-refractivity contribution in [1.29, 1.82) is 0 Å². The molecule has 1 aromatic heterocycles. The highest BCUT2D eigenvalue weighted by molar-refractivity contribution is 7.98. The van der Waals surface area contributed by atoms with Crippen LogP contribution in [-0.4, -0.2) is 16.5 Å². The third-order valence-electron chi connectivity index (χ3n) is 2.44. The van der Waals surface area contributed by atoms with Crippen LogP contribution >= 0.6 is 11.8 Å². The molecule has 1 unspecified atom stereocenters. The lowest BCUT2D eigenvalue weighted by Crippen LogP contribution is -2.06. The van der Waals surface area contributed by atoms with Gasteiger partial charge in [-0.1, -0.05) is 6.07 Å². The van der Waals surface area contributed by atoms with Crippen molar-refractivity contribution in [3.8, 4) is 0 Å². The lowest BCUT2D eigenvalue weighted by Gasteiger charge is -2.13. The molecule has 0 saturated heterocycles. The van der Waals surface area contributed by atoms with Crippen LogP contribution in [0.4, 0.5) is 5.69 Å². The first-order valence-corrected chi connectivity index (χ1v) is 6.42. The van der Waals surface area contributed by atoms with Gasteiger partial charge in [0, 0.05) is 16.8 Å². The number of aromatic nitrogens is 2. The van der Waals surface area contributed by atoms with E-state index in [1.165, 1.54) is 4.90 Å². The maximum atomic E-state index is 3.95. The number of anilines is 1.